The van der Waals surface area contributed by atoms with Gasteiger partial charge in [-0.15, -0.1) is 0 Å². The minimum Gasteiger partial charge on any atom is -0.395 e. The maximum absolute atomic E-state index is 8.95. The van der Waals surface area contributed by atoms with Gasteiger partial charge < -0.3 is 10.4 Å². The maximum Gasteiger partial charge on any atom is 0.0582 e. The number of aliphatic hydroxyl groups is 1. The van der Waals surface area contributed by atoms with Crippen LogP contribution in [0, 0.1) is 0 Å². The topological polar surface area (TPSA) is 45.1 Å². The molecular weight excluding hydrogens is 200 g/mol. The first-order chi connectivity index (χ1) is 7.81. The lowest BCUT2D eigenvalue weighted by molar-refractivity contribution is 0.251. The molecule has 1 aromatic heterocycles. The fourth-order valence-electron chi connectivity index (χ4n) is 1.67. The number of aliphatic hydroxyl groups excluding tert-OH is 1. The number of aromatic nitrogens is 1. The molecule has 2 rings (SSSR count). The van der Waals surface area contributed by atoms with Gasteiger partial charge in [0.2, 0.25) is 0 Å². The summed E-state index contributed by atoms with van der Waals surface area (Å²) in [4.78, 5) is 4.21. The average Bonchev–Trinajstić information content (AvgIpc) is 2.35. The summed E-state index contributed by atoms with van der Waals surface area (Å²) >= 11 is 0. The Morgan fingerprint density at radius 2 is 2.12 bits per heavy atom. The van der Waals surface area contributed by atoms with Gasteiger partial charge in [0.05, 0.1) is 6.61 Å². The van der Waals surface area contributed by atoms with Gasteiger partial charge in [0.15, 0.2) is 0 Å². The highest BCUT2D eigenvalue weighted by Gasteiger charge is 2.03. The third-order valence-corrected chi connectivity index (χ3v) is 2.67. The fourth-order valence-corrected chi connectivity index (χ4v) is 1.67. The summed E-state index contributed by atoms with van der Waals surface area (Å²) < 4.78 is 0. The number of hydrogen-bond donors (Lipinski definition) is 2. The highest BCUT2D eigenvalue weighted by molar-refractivity contribution is 5.84. The molecule has 0 fully saturated rings. The summed E-state index contributed by atoms with van der Waals surface area (Å²) in [6, 6.07) is 8.30. The number of benzene rings is 1. The van der Waals surface area contributed by atoms with Crippen LogP contribution in [0.4, 0.5) is 0 Å². The maximum atomic E-state index is 8.95. The molecule has 2 N–H and O–H groups in total. The van der Waals surface area contributed by atoms with E-state index >= 15 is 0 Å². The number of pyridine rings is 1. The standard InChI is InChI=1S/C13H16N2O/c1-10(9-16)15-8-12-7-14-6-11-4-2-3-5-13(11)12/h2-7,10,15-16H,8-9H2,1H3/t10-/m1/s1. The van der Waals surface area contributed by atoms with E-state index in [0.717, 1.165) is 11.9 Å². The van der Waals surface area contributed by atoms with Crippen molar-refractivity contribution in [2.75, 3.05) is 6.61 Å². The zero-order chi connectivity index (χ0) is 11.4. The van der Waals surface area contributed by atoms with Crippen molar-refractivity contribution in [3.63, 3.8) is 0 Å². The first-order valence-corrected chi connectivity index (χ1v) is 5.47. The summed E-state index contributed by atoms with van der Waals surface area (Å²) in [6.07, 6.45) is 3.74. The van der Waals surface area contributed by atoms with E-state index in [-0.39, 0.29) is 12.6 Å². The Bertz CT molecular complexity index is 465. The summed E-state index contributed by atoms with van der Waals surface area (Å²) in [5, 5.41) is 14.6. The first-order valence-electron chi connectivity index (χ1n) is 5.47. The van der Waals surface area contributed by atoms with Crippen LogP contribution in [0.25, 0.3) is 10.8 Å². The normalized spacial score (nSPS) is 12.9. The van der Waals surface area contributed by atoms with Gasteiger partial charge in [-0.2, -0.15) is 0 Å². The van der Waals surface area contributed by atoms with Gasteiger partial charge >= 0.3 is 0 Å². The van der Waals surface area contributed by atoms with Crippen molar-refractivity contribution in [2.24, 2.45) is 0 Å². The lowest BCUT2D eigenvalue weighted by Gasteiger charge is -2.11. The van der Waals surface area contributed by atoms with Crippen LogP contribution in [0.3, 0.4) is 0 Å². The van der Waals surface area contributed by atoms with Gasteiger partial charge in [-0.3, -0.25) is 4.98 Å². The third-order valence-electron chi connectivity index (χ3n) is 2.67. The second-order valence-corrected chi connectivity index (χ2v) is 3.98. The Hall–Kier alpha value is -1.45. The molecule has 0 saturated carbocycles. The van der Waals surface area contributed by atoms with Crippen molar-refractivity contribution in [1.82, 2.24) is 10.3 Å². The molecule has 0 aliphatic rings. The molecule has 0 amide bonds. The lowest BCUT2D eigenvalue weighted by atomic mass is 10.1. The van der Waals surface area contributed by atoms with Crippen molar-refractivity contribution in [3.8, 4) is 0 Å². The molecule has 0 radical (unpaired) electrons. The molecule has 1 aromatic carbocycles. The summed E-state index contributed by atoms with van der Waals surface area (Å²) in [5.41, 5.74) is 1.17. The Labute approximate surface area is 95.1 Å². The van der Waals surface area contributed by atoms with Crippen LogP contribution in [0.5, 0.6) is 0 Å². The average molecular weight is 216 g/mol. The number of hydrogen-bond acceptors (Lipinski definition) is 3. The lowest BCUT2D eigenvalue weighted by Crippen LogP contribution is -2.28. The molecule has 16 heavy (non-hydrogen) atoms. The molecule has 3 heteroatoms. The van der Waals surface area contributed by atoms with Crippen LogP contribution in [-0.4, -0.2) is 22.7 Å². The minimum atomic E-state index is 0.110. The molecule has 0 aliphatic carbocycles. The molecule has 0 bridgehead atoms. The van der Waals surface area contributed by atoms with E-state index in [1.807, 2.05) is 31.5 Å². The quantitative estimate of drug-likeness (QED) is 0.817. The molecule has 0 saturated heterocycles. The second-order valence-electron chi connectivity index (χ2n) is 3.98. The zero-order valence-corrected chi connectivity index (χ0v) is 9.35. The van der Waals surface area contributed by atoms with Crippen LogP contribution < -0.4 is 5.32 Å². The van der Waals surface area contributed by atoms with E-state index in [1.54, 1.807) is 0 Å². The number of rotatable bonds is 4. The molecule has 1 heterocycles. The van der Waals surface area contributed by atoms with Crippen molar-refractivity contribution < 1.29 is 5.11 Å². The summed E-state index contributed by atoms with van der Waals surface area (Å²) in [5.74, 6) is 0. The summed E-state index contributed by atoms with van der Waals surface area (Å²) in [6.45, 7) is 2.84. The molecule has 84 valence electrons. The number of nitrogens with zero attached hydrogens (tertiary/aromatic N) is 1. The Kier molecular flexibility index (Phi) is 3.49. The van der Waals surface area contributed by atoms with Crippen molar-refractivity contribution >= 4 is 10.8 Å². The van der Waals surface area contributed by atoms with Crippen molar-refractivity contribution in [3.05, 3.63) is 42.2 Å². The largest absolute Gasteiger partial charge is 0.395 e. The third kappa shape index (κ3) is 2.38. The molecule has 2 aromatic rings. The van der Waals surface area contributed by atoms with E-state index in [1.165, 1.54) is 10.9 Å². The SMILES string of the molecule is C[C@H](CO)NCc1cncc2ccccc12. The van der Waals surface area contributed by atoms with Crippen molar-refractivity contribution in [2.45, 2.75) is 19.5 Å². The molecule has 0 unspecified atom stereocenters. The van der Waals surface area contributed by atoms with Crippen LogP contribution in [-0.2, 0) is 6.54 Å². The van der Waals surface area contributed by atoms with E-state index in [4.69, 9.17) is 5.11 Å². The van der Waals surface area contributed by atoms with Gasteiger partial charge in [0.25, 0.3) is 0 Å². The predicted molar refractivity (Wildman–Crippen MR) is 65.1 cm³/mol. The smallest absolute Gasteiger partial charge is 0.0582 e. The monoisotopic (exact) mass is 216 g/mol. The molecule has 0 spiro atoms. The van der Waals surface area contributed by atoms with Gasteiger partial charge in [-0.25, -0.2) is 0 Å². The second kappa shape index (κ2) is 5.05. The number of fused-ring (bicyclic) bond motifs is 1. The first kappa shape index (κ1) is 11.0. The van der Waals surface area contributed by atoms with Gasteiger partial charge in [0, 0.05) is 30.4 Å². The van der Waals surface area contributed by atoms with Crippen LogP contribution in [0.2, 0.25) is 0 Å². The Morgan fingerprint density at radius 1 is 1.31 bits per heavy atom. The summed E-state index contributed by atoms with van der Waals surface area (Å²) in [7, 11) is 0. The zero-order valence-electron chi connectivity index (χ0n) is 9.35. The van der Waals surface area contributed by atoms with E-state index in [0.29, 0.717) is 0 Å². The van der Waals surface area contributed by atoms with Crippen LogP contribution in [0.1, 0.15) is 12.5 Å². The van der Waals surface area contributed by atoms with Gasteiger partial charge in [-0.1, -0.05) is 24.3 Å². The molecule has 3 nitrogen and oxygen atoms in total. The van der Waals surface area contributed by atoms with Gasteiger partial charge in [0.1, 0.15) is 0 Å². The molecular formula is C13H16N2O. The van der Waals surface area contributed by atoms with E-state index in [2.05, 4.69) is 22.4 Å². The van der Waals surface area contributed by atoms with Crippen LogP contribution >= 0.6 is 0 Å². The van der Waals surface area contributed by atoms with Crippen LogP contribution in [0.15, 0.2) is 36.7 Å². The fraction of sp³-hybridized carbons (Fsp3) is 0.308. The molecule has 0 aliphatic heterocycles. The minimum absolute atomic E-state index is 0.110. The Balaban J connectivity index is 2.23. The number of nitrogens with one attached hydrogen (secondary N) is 1. The predicted octanol–water partition coefficient (Wildman–Crippen LogP) is 1.71. The van der Waals surface area contributed by atoms with E-state index in [9.17, 15) is 0 Å². The Morgan fingerprint density at radius 3 is 2.94 bits per heavy atom. The van der Waals surface area contributed by atoms with Gasteiger partial charge in [-0.05, 0) is 17.9 Å². The highest BCUT2D eigenvalue weighted by atomic mass is 16.3. The van der Waals surface area contributed by atoms with Crippen molar-refractivity contribution in [1.29, 1.82) is 0 Å². The van der Waals surface area contributed by atoms with E-state index < -0.39 is 0 Å². The highest BCUT2D eigenvalue weighted by Crippen LogP contribution is 2.16. The molecule has 1 atom stereocenters.